The molecular weight excluding hydrogens is 198 g/mol. The van der Waals surface area contributed by atoms with E-state index >= 15 is 0 Å². The van der Waals surface area contributed by atoms with Gasteiger partial charge in [-0.25, -0.2) is 0 Å². The van der Waals surface area contributed by atoms with Crippen LogP contribution < -0.4 is 5.32 Å². The summed E-state index contributed by atoms with van der Waals surface area (Å²) in [4.78, 5) is 10.8. The Morgan fingerprint density at radius 2 is 2.36 bits per heavy atom. The van der Waals surface area contributed by atoms with E-state index in [1.165, 1.54) is 11.8 Å². The smallest absolute Gasteiger partial charge is 0.236 e. The average molecular weight is 213 g/mol. The van der Waals surface area contributed by atoms with Crippen molar-refractivity contribution in [2.45, 2.75) is 27.2 Å². The third-order valence-electron chi connectivity index (χ3n) is 1.60. The molecule has 78 valence electrons. The Morgan fingerprint density at radius 1 is 1.64 bits per heavy atom. The molecule has 1 N–H and O–H groups in total. The van der Waals surface area contributed by atoms with Crippen molar-refractivity contribution in [3.63, 3.8) is 0 Å². The molecule has 14 heavy (non-hydrogen) atoms. The zero-order valence-electron chi connectivity index (χ0n) is 8.70. The number of thioether (sulfide) groups is 1. The topological polar surface area (TPSA) is 53.8 Å². The molecule has 5 heteroatoms. The largest absolute Gasteiger partial charge is 0.303 e. The van der Waals surface area contributed by atoms with Crippen LogP contribution in [-0.2, 0) is 4.79 Å². The lowest BCUT2D eigenvalue weighted by molar-refractivity contribution is -0.116. The fraction of sp³-hybridized carbons (Fsp3) is 0.667. The van der Waals surface area contributed by atoms with E-state index in [9.17, 15) is 4.79 Å². The van der Waals surface area contributed by atoms with Crippen LogP contribution in [0.3, 0.4) is 0 Å². The number of carbonyl (C=O) groups excluding carboxylic acids is 1. The Bertz CT molecular complexity index is 284. The van der Waals surface area contributed by atoms with Gasteiger partial charge in [-0.2, -0.15) is 5.10 Å². The van der Waals surface area contributed by atoms with Gasteiger partial charge in [0.15, 0.2) is 5.17 Å². The number of rotatable bonds is 3. The fourth-order valence-electron chi connectivity index (χ4n) is 1.14. The molecule has 1 rings (SSSR count). The summed E-state index contributed by atoms with van der Waals surface area (Å²) in [5.41, 5.74) is 0.995. The lowest BCUT2D eigenvalue weighted by Crippen LogP contribution is -2.19. The van der Waals surface area contributed by atoms with E-state index in [1.54, 1.807) is 0 Å². The average Bonchev–Trinajstić information content (AvgIpc) is 2.47. The van der Waals surface area contributed by atoms with Gasteiger partial charge in [-0.3, -0.25) is 4.79 Å². The Morgan fingerprint density at radius 3 is 2.86 bits per heavy atom. The summed E-state index contributed by atoms with van der Waals surface area (Å²) in [5.74, 6) is 1.05. The Hall–Kier alpha value is -0.840. The van der Waals surface area contributed by atoms with Gasteiger partial charge in [0.25, 0.3) is 0 Å². The molecule has 1 aliphatic heterocycles. The van der Waals surface area contributed by atoms with Gasteiger partial charge in [0.05, 0.1) is 5.75 Å². The molecule has 0 aromatic rings. The summed E-state index contributed by atoms with van der Waals surface area (Å²) in [5, 5.41) is 11.3. The normalized spacial score (nSPS) is 20.7. The van der Waals surface area contributed by atoms with Gasteiger partial charge in [-0.1, -0.05) is 25.6 Å². The predicted octanol–water partition coefficient (Wildman–Crippen LogP) is 1.63. The molecule has 1 amide bonds. The van der Waals surface area contributed by atoms with E-state index in [4.69, 9.17) is 0 Å². The molecule has 0 unspecified atom stereocenters. The number of hydrogen-bond acceptors (Lipinski definition) is 4. The Kier molecular flexibility index (Phi) is 4.13. The summed E-state index contributed by atoms with van der Waals surface area (Å²) in [6.07, 6.45) is 0.940. The third-order valence-corrected chi connectivity index (χ3v) is 2.47. The van der Waals surface area contributed by atoms with Crippen molar-refractivity contribution in [1.82, 2.24) is 5.32 Å². The molecule has 0 atom stereocenters. The van der Waals surface area contributed by atoms with Crippen molar-refractivity contribution in [3.05, 3.63) is 0 Å². The van der Waals surface area contributed by atoms with Crippen LogP contribution in [0.25, 0.3) is 0 Å². The number of nitrogens with one attached hydrogen (secondary N) is 1. The maximum absolute atomic E-state index is 10.8. The van der Waals surface area contributed by atoms with Crippen LogP contribution in [0.5, 0.6) is 0 Å². The minimum Gasteiger partial charge on any atom is -0.303 e. The Labute approximate surface area is 88.2 Å². The fourth-order valence-corrected chi connectivity index (χ4v) is 1.77. The van der Waals surface area contributed by atoms with Gasteiger partial charge in [0, 0.05) is 5.71 Å². The molecule has 1 saturated heterocycles. The lowest BCUT2D eigenvalue weighted by Gasteiger charge is -2.01. The number of nitrogens with zero attached hydrogens (tertiary/aromatic N) is 2. The first-order chi connectivity index (χ1) is 6.58. The van der Waals surface area contributed by atoms with Gasteiger partial charge in [0.2, 0.25) is 5.91 Å². The highest BCUT2D eigenvalue weighted by atomic mass is 32.2. The first-order valence-electron chi connectivity index (χ1n) is 4.61. The van der Waals surface area contributed by atoms with Crippen LogP contribution >= 0.6 is 11.8 Å². The quantitative estimate of drug-likeness (QED) is 0.572. The van der Waals surface area contributed by atoms with E-state index in [0.717, 1.165) is 12.1 Å². The molecule has 1 heterocycles. The van der Waals surface area contributed by atoms with E-state index in [0.29, 0.717) is 16.8 Å². The minimum atomic E-state index is 0.00506. The van der Waals surface area contributed by atoms with Crippen molar-refractivity contribution in [1.29, 1.82) is 0 Å². The molecule has 0 aliphatic carbocycles. The third kappa shape index (κ3) is 3.91. The SMILES string of the molecule is C/C(CC(C)C)=N/N=C1\NC(=O)CS1. The lowest BCUT2D eigenvalue weighted by atomic mass is 10.1. The van der Waals surface area contributed by atoms with E-state index in [1.807, 2.05) is 6.92 Å². The summed E-state index contributed by atoms with van der Waals surface area (Å²) in [6.45, 7) is 6.22. The summed E-state index contributed by atoms with van der Waals surface area (Å²) >= 11 is 1.39. The molecule has 0 spiro atoms. The summed E-state index contributed by atoms with van der Waals surface area (Å²) < 4.78 is 0. The van der Waals surface area contributed by atoms with Crippen molar-refractivity contribution < 1.29 is 4.79 Å². The van der Waals surface area contributed by atoms with Crippen LogP contribution in [0.15, 0.2) is 10.2 Å². The maximum Gasteiger partial charge on any atom is 0.236 e. The Balaban J connectivity index is 2.48. The van der Waals surface area contributed by atoms with Gasteiger partial charge in [-0.15, -0.1) is 5.10 Å². The van der Waals surface area contributed by atoms with Crippen molar-refractivity contribution in [2.75, 3.05) is 5.75 Å². The first kappa shape index (κ1) is 11.2. The standard InChI is InChI=1S/C9H15N3OS/c1-6(2)4-7(3)11-12-9-10-8(13)5-14-9/h6H,4-5H2,1-3H3,(H,10,12,13)/b11-7-. The predicted molar refractivity (Wildman–Crippen MR) is 60.6 cm³/mol. The highest BCUT2D eigenvalue weighted by Gasteiger charge is 2.16. The molecule has 0 bridgehead atoms. The second kappa shape index (κ2) is 5.14. The van der Waals surface area contributed by atoms with Crippen molar-refractivity contribution >= 4 is 28.5 Å². The number of amidine groups is 1. The highest BCUT2D eigenvalue weighted by Crippen LogP contribution is 2.09. The second-order valence-electron chi connectivity index (χ2n) is 3.68. The second-order valence-corrected chi connectivity index (χ2v) is 4.64. The number of carbonyl (C=O) groups is 1. The number of amides is 1. The molecule has 0 aromatic carbocycles. The van der Waals surface area contributed by atoms with E-state index in [2.05, 4.69) is 29.4 Å². The molecule has 1 fully saturated rings. The molecule has 0 saturated carbocycles. The van der Waals surface area contributed by atoms with Crippen LogP contribution in [0.2, 0.25) is 0 Å². The van der Waals surface area contributed by atoms with E-state index < -0.39 is 0 Å². The van der Waals surface area contributed by atoms with Crippen molar-refractivity contribution in [3.8, 4) is 0 Å². The number of hydrogen-bond donors (Lipinski definition) is 1. The van der Waals surface area contributed by atoms with Crippen LogP contribution in [0.4, 0.5) is 0 Å². The monoisotopic (exact) mass is 213 g/mol. The maximum atomic E-state index is 10.8. The van der Waals surface area contributed by atoms with Crippen LogP contribution in [0, 0.1) is 5.92 Å². The molecule has 0 aromatic heterocycles. The zero-order chi connectivity index (χ0) is 10.6. The molecule has 1 aliphatic rings. The molecule has 4 nitrogen and oxygen atoms in total. The summed E-state index contributed by atoms with van der Waals surface area (Å²) in [6, 6.07) is 0. The van der Waals surface area contributed by atoms with Gasteiger partial charge in [-0.05, 0) is 19.3 Å². The zero-order valence-corrected chi connectivity index (χ0v) is 9.52. The first-order valence-corrected chi connectivity index (χ1v) is 5.60. The molecule has 0 radical (unpaired) electrons. The van der Waals surface area contributed by atoms with Crippen molar-refractivity contribution in [2.24, 2.45) is 16.1 Å². The van der Waals surface area contributed by atoms with Gasteiger partial charge >= 0.3 is 0 Å². The molecular formula is C9H15N3OS. The van der Waals surface area contributed by atoms with Crippen LogP contribution in [-0.4, -0.2) is 22.5 Å². The van der Waals surface area contributed by atoms with Crippen LogP contribution in [0.1, 0.15) is 27.2 Å². The van der Waals surface area contributed by atoms with Gasteiger partial charge < -0.3 is 5.32 Å². The highest BCUT2D eigenvalue weighted by molar-refractivity contribution is 8.15. The van der Waals surface area contributed by atoms with Gasteiger partial charge in [0.1, 0.15) is 0 Å². The minimum absolute atomic E-state index is 0.00506. The summed E-state index contributed by atoms with van der Waals surface area (Å²) in [7, 11) is 0. The van der Waals surface area contributed by atoms with E-state index in [-0.39, 0.29) is 5.91 Å².